The zero-order valence-corrected chi connectivity index (χ0v) is 14.1. The topological polar surface area (TPSA) is 29.5 Å². The minimum atomic E-state index is 0.0421. The molecule has 0 aliphatic heterocycles. The van der Waals surface area contributed by atoms with Crippen LogP contribution in [0.25, 0.3) is 0 Å². The van der Waals surface area contributed by atoms with E-state index in [2.05, 4.69) is 12.1 Å². The number of hydrogen-bond acceptors (Lipinski definition) is 2. The first-order valence-electron chi connectivity index (χ1n) is 8.50. The Morgan fingerprint density at radius 3 is 2.24 bits per heavy atom. The normalized spacial score (nSPS) is 11.9. The fraction of sp³-hybridized carbons (Fsp3) is 0.182. The van der Waals surface area contributed by atoms with E-state index in [0.717, 1.165) is 22.4 Å². The maximum atomic E-state index is 9.56. The van der Waals surface area contributed by atoms with Crippen LogP contribution in [0.15, 0.2) is 78.9 Å². The summed E-state index contributed by atoms with van der Waals surface area (Å²) in [5.41, 5.74) is 3.97. The highest BCUT2D eigenvalue weighted by atomic mass is 16.5. The van der Waals surface area contributed by atoms with Gasteiger partial charge in [0.25, 0.3) is 0 Å². The standard InChI is InChI=1S/C22H21BO2/c23-19-11-12-22(25-16-17-7-3-1-4-8-17)21(15-19)20(13-14-24)18-9-5-2-6-10-18/h1-12,15,20,24H,13-14,16H2. The van der Waals surface area contributed by atoms with Gasteiger partial charge in [0.2, 0.25) is 0 Å². The number of rotatable bonds is 7. The van der Waals surface area contributed by atoms with Crippen LogP contribution in [0.4, 0.5) is 0 Å². The first-order valence-corrected chi connectivity index (χ1v) is 8.50. The van der Waals surface area contributed by atoms with Crippen LogP contribution in [0.3, 0.4) is 0 Å². The molecule has 0 fully saturated rings. The van der Waals surface area contributed by atoms with Gasteiger partial charge in [-0.25, -0.2) is 0 Å². The molecule has 0 aliphatic carbocycles. The third kappa shape index (κ3) is 4.52. The maximum absolute atomic E-state index is 9.56. The molecule has 3 rings (SSSR count). The summed E-state index contributed by atoms with van der Waals surface area (Å²) in [5, 5.41) is 9.56. The van der Waals surface area contributed by atoms with E-state index in [-0.39, 0.29) is 12.5 Å². The average Bonchev–Trinajstić information content (AvgIpc) is 2.66. The van der Waals surface area contributed by atoms with Crippen molar-refractivity contribution < 1.29 is 9.84 Å². The average molecular weight is 328 g/mol. The van der Waals surface area contributed by atoms with Gasteiger partial charge < -0.3 is 9.84 Å². The van der Waals surface area contributed by atoms with E-state index in [0.29, 0.717) is 18.5 Å². The summed E-state index contributed by atoms with van der Waals surface area (Å²) in [6, 6.07) is 26.0. The second kappa shape index (κ2) is 8.54. The Bertz CT molecular complexity index is 788. The molecule has 124 valence electrons. The van der Waals surface area contributed by atoms with Crippen molar-refractivity contribution in [1.29, 1.82) is 0 Å². The summed E-state index contributed by atoms with van der Waals surface area (Å²) < 4.78 is 6.09. The van der Waals surface area contributed by atoms with Gasteiger partial charge in [0.1, 0.15) is 20.2 Å². The molecule has 3 aromatic carbocycles. The Balaban J connectivity index is 1.91. The molecule has 0 spiro atoms. The van der Waals surface area contributed by atoms with Crippen molar-refractivity contribution >= 4 is 13.3 Å². The Kier molecular flexibility index (Phi) is 5.92. The van der Waals surface area contributed by atoms with Crippen LogP contribution in [0.5, 0.6) is 5.75 Å². The Hall–Kier alpha value is -2.52. The number of benzene rings is 3. The second-order valence-electron chi connectivity index (χ2n) is 6.05. The monoisotopic (exact) mass is 328 g/mol. The molecule has 0 bridgehead atoms. The molecule has 0 saturated heterocycles. The molecule has 2 radical (unpaired) electrons. The van der Waals surface area contributed by atoms with E-state index in [1.54, 1.807) is 0 Å². The van der Waals surface area contributed by atoms with E-state index in [1.807, 2.05) is 66.7 Å². The Morgan fingerprint density at radius 2 is 1.56 bits per heavy atom. The van der Waals surface area contributed by atoms with Gasteiger partial charge in [0.05, 0.1) is 0 Å². The lowest BCUT2D eigenvalue weighted by Gasteiger charge is -2.21. The Labute approximate surface area is 150 Å². The first-order chi connectivity index (χ1) is 12.3. The molecular formula is C22H21BO2. The molecule has 0 aromatic heterocycles. The van der Waals surface area contributed by atoms with Crippen molar-refractivity contribution in [3.63, 3.8) is 0 Å². The lowest BCUT2D eigenvalue weighted by atomic mass is 9.84. The molecular weight excluding hydrogens is 307 g/mol. The van der Waals surface area contributed by atoms with Gasteiger partial charge in [-0.2, -0.15) is 0 Å². The SMILES string of the molecule is [B]c1ccc(OCc2ccccc2)c(C(CCO)c2ccccc2)c1. The smallest absolute Gasteiger partial charge is 0.123 e. The van der Waals surface area contributed by atoms with Crippen molar-refractivity contribution in [3.8, 4) is 5.75 Å². The van der Waals surface area contributed by atoms with Crippen LogP contribution >= 0.6 is 0 Å². The fourth-order valence-corrected chi connectivity index (χ4v) is 3.02. The van der Waals surface area contributed by atoms with E-state index >= 15 is 0 Å². The van der Waals surface area contributed by atoms with Gasteiger partial charge in [-0.1, -0.05) is 78.3 Å². The van der Waals surface area contributed by atoms with Crippen molar-refractivity contribution in [2.24, 2.45) is 0 Å². The summed E-state index contributed by atoms with van der Waals surface area (Å²) in [5.74, 6) is 0.848. The van der Waals surface area contributed by atoms with Crippen molar-refractivity contribution in [2.45, 2.75) is 18.9 Å². The third-order valence-corrected chi connectivity index (χ3v) is 4.27. The van der Waals surface area contributed by atoms with E-state index < -0.39 is 0 Å². The van der Waals surface area contributed by atoms with Gasteiger partial charge in [-0.15, -0.1) is 0 Å². The van der Waals surface area contributed by atoms with E-state index in [4.69, 9.17) is 12.6 Å². The first kappa shape index (κ1) is 17.3. The van der Waals surface area contributed by atoms with Crippen molar-refractivity contribution in [2.75, 3.05) is 6.61 Å². The highest BCUT2D eigenvalue weighted by molar-refractivity contribution is 6.32. The largest absolute Gasteiger partial charge is 0.489 e. The molecule has 0 amide bonds. The summed E-state index contributed by atoms with van der Waals surface area (Å²) in [7, 11) is 6.03. The molecule has 25 heavy (non-hydrogen) atoms. The molecule has 3 heteroatoms. The summed E-state index contributed by atoms with van der Waals surface area (Å²) in [6.45, 7) is 0.602. The van der Waals surface area contributed by atoms with Crippen LogP contribution < -0.4 is 10.2 Å². The fourth-order valence-electron chi connectivity index (χ4n) is 3.02. The number of aliphatic hydroxyl groups is 1. The maximum Gasteiger partial charge on any atom is 0.123 e. The van der Waals surface area contributed by atoms with Crippen molar-refractivity contribution in [3.05, 3.63) is 95.6 Å². The van der Waals surface area contributed by atoms with Crippen LogP contribution in [-0.4, -0.2) is 19.6 Å². The minimum absolute atomic E-state index is 0.0421. The molecule has 2 nitrogen and oxygen atoms in total. The van der Waals surface area contributed by atoms with E-state index in [1.165, 1.54) is 0 Å². The zero-order chi connectivity index (χ0) is 17.5. The Morgan fingerprint density at radius 1 is 0.880 bits per heavy atom. The second-order valence-corrected chi connectivity index (χ2v) is 6.05. The van der Waals surface area contributed by atoms with Gasteiger partial charge >= 0.3 is 0 Å². The molecule has 1 N–H and O–H groups in total. The number of ether oxygens (including phenoxy) is 1. The van der Waals surface area contributed by atoms with Crippen molar-refractivity contribution in [1.82, 2.24) is 0 Å². The molecule has 0 heterocycles. The van der Waals surface area contributed by atoms with Crippen LogP contribution in [-0.2, 0) is 6.61 Å². The van der Waals surface area contributed by atoms with E-state index in [9.17, 15) is 5.11 Å². The van der Waals surface area contributed by atoms with Gasteiger partial charge in [-0.05, 0) is 23.6 Å². The number of hydrogen-bond donors (Lipinski definition) is 1. The molecule has 1 atom stereocenters. The summed E-state index contributed by atoms with van der Waals surface area (Å²) >= 11 is 0. The predicted octanol–water partition coefficient (Wildman–Crippen LogP) is 3.57. The van der Waals surface area contributed by atoms with Crippen LogP contribution in [0, 0.1) is 0 Å². The zero-order valence-electron chi connectivity index (χ0n) is 14.1. The van der Waals surface area contributed by atoms with Gasteiger partial charge in [0, 0.05) is 18.1 Å². The predicted molar refractivity (Wildman–Crippen MR) is 103 cm³/mol. The van der Waals surface area contributed by atoms with Gasteiger partial charge in [0.15, 0.2) is 0 Å². The minimum Gasteiger partial charge on any atom is -0.489 e. The highest BCUT2D eigenvalue weighted by Gasteiger charge is 2.18. The quantitative estimate of drug-likeness (QED) is 0.672. The molecule has 1 unspecified atom stereocenters. The van der Waals surface area contributed by atoms with Crippen LogP contribution in [0.1, 0.15) is 29.0 Å². The summed E-state index contributed by atoms with van der Waals surface area (Å²) in [4.78, 5) is 0. The van der Waals surface area contributed by atoms with Gasteiger partial charge in [-0.3, -0.25) is 0 Å². The molecule has 3 aromatic rings. The molecule has 0 aliphatic rings. The molecule has 0 saturated carbocycles. The highest BCUT2D eigenvalue weighted by Crippen LogP contribution is 2.34. The number of aliphatic hydroxyl groups excluding tert-OH is 1. The lowest BCUT2D eigenvalue weighted by Crippen LogP contribution is -2.12. The summed E-state index contributed by atoms with van der Waals surface area (Å²) in [6.07, 6.45) is 0.620. The third-order valence-electron chi connectivity index (χ3n) is 4.27. The van der Waals surface area contributed by atoms with Crippen LogP contribution in [0.2, 0.25) is 0 Å². The lowest BCUT2D eigenvalue weighted by molar-refractivity contribution is 0.276.